The molecule has 0 spiro atoms. The zero-order valence-corrected chi connectivity index (χ0v) is 15.5. The number of hydrogen-bond acceptors (Lipinski definition) is 3. The number of aryl methyl sites for hydroxylation is 1. The van der Waals surface area contributed by atoms with Crippen LogP contribution in [0.2, 0.25) is 0 Å². The van der Waals surface area contributed by atoms with Crippen molar-refractivity contribution in [3.63, 3.8) is 0 Å². The number of nitrogens with one attached hydrogen (secondary N) is 1. The Balaban J connectivity index is 1.64. The zero-order valence-electron chi connectivity index (χ0n) is 14.7. The summed E-state index contributed by atoms with van der Waals surface area (Å²) in [4.78, 5) is 23.0. The molecule has 4 rings (SSSR count). The van der Waals surface area contributed by atoms with E-state index in [1.165, 1.54) is 49.0 Å². The van der Waals surface area contributed by atoms with Gasteiger partial charge in [0.25, 0.3) is 5.56 Å². The number of thiophene rings is 1. The third-order valence-electron chi connectivity index (χ3n) is 5.83. The summed E-state index contributed by atoms with van der Waals surface area (Å²) in [6, 6.07) is 0.912. The van der Waals surface area contributed by atoms with Gasteiger partial charge in [-0.15, -0.1) is 11.3 Å². The van der Waals surface area contributed by atoms with Gasteiger partial charge in [-0.25, -0.2) is 4.98 Å². The van der Waals surface area contributed by atoms with Gasteiger partial charge < -0.3 is 10.3 Å². The van der Waals surface area contributed by atoms with E-state index in [0.717, 1.165) is 34.8 Å². The maximum atomic E-state index is 12.7. The number of hydrogen-bond donors (Lipinski definition) is 2. The van der Waals surface area contributed by atoms with Gasteiger partial charge in [0.1, 0.15) is 10.9 Å². The molecule has 0 bridgehead atoms. The van der Waals surface area contributed by atoms with E-state index in [-0.39, 0.29) is 11.6 Å². The molecule has 0 radical (unpaired) electrons. The fraction of sp³-hybridized carbons (Fsp3) is 0.684. The van der Waals surface area contributed by atoms with Crippen LogP contribution in [0.1, 0.15) is 74.7 Å². The lowest BCUT2D eigenvalue weighted by molar-refractivity contribution is -0.728. The molecule has 0 unspecified atom stereocenters. The molecule has 24 heavy (non-hydrogen) atoms. The van der Waals surface area contributed by atoms with E-state index in [2.05, 4.69) is 24.1 Å². The number of fused-ring (bicyclic) bond motifs is 3. The average Bonchev–Trinajstić information content (AvgIpc) is 2.93. The molecule has 2 aliphatic rings. The first-order valence-corrected chi connectivity index (χ1v) is 10.3. The van der Waals surface area contributed by atoms with Crippen LogP contribution in [0.5, 0.6) is 0 Å². The van der Waals surface area contributed by atoms with Crippen LogP contribution in [-0.2, 0) is 12.8 Å². The first kappa shape index (κ1) is 16.3. The second-order valence-electron chi connectivity index (χ2n) is 7.86. The Morgan fingerprint density at radius 2 is 2.04 bits per heavy atom. The van der Waals surface area contributed by atoms with Crippen LogP contribution in [-0.4, -0.2) is 16.0 Å². The molecule has 0 aliphatic heterocycles. The van der Waals surface area contributed by atoms with E-state index in [9.17, 15) is 4.79 Å². The summed E-state index contributed by atoms with van der Waals surface area (Å²) in [7, 11) is 0. The first-order valence-electron chi connectivity index (χ1n) is 9.51. The molecular weight excluding hydrogens is 318 g/mol. The molecule has 130 valence electrons. The topological polar surface area (TPSA) is 62.4 Å². The number of nitrogens with zero attached hydrogens (tertiary/aromatic N) is 1. The van der Waals surface area contributed by atoms with Gasteiger partial charge >= 0.3 is 0 Å². The highest BCUT2D eigenvalue weighted by Crippen LogP contribution is 2.35. The minimum atomic E-state index is 0.0750. The summed E-state index contributed by atoms with van der Waals surface area (Å²) in [5.74, 6) is 1.58. The predicted molar refractivity (Wildman–Crippen MR) is 98.6 cm³/mol. The molecule has 2 atom stereocenters. The number of H-pyrrole nitrogens is 1. The van der Waals surface area contributed by atoms with Crippen LogP contribution in [0.3, 0.4) is 0 Å². The molecular formula is C19H28N3OS+. The Labute approximate surface area is 147 Å². The highest BCUT2D eigenvalue weighted by molar-refractivity contribution is 7.18. The quantitative estimate of drug-likeness (QED) is 0.897. The van der Waals surface area contributed by atoms with Crippen molar-refractivity contribution in [2.45, 2.75) is 77.3 Å². The van der Waals surface area contributed by atoms with Crippen LogP contribution in [0.25, 0.3) is 10.2 Å². The molecule has 3 N–H and O–H groups in total. The lowest BCUT2D eigenvalue weighted by Gasteiger charge is -2.23. The molecule has 1 fully saturated rings. The summed E-state index contributed by atoms with van der Waals surface area (Å²) >= 11 is 1.75. The fourth-order valence-electron chi connectivity index (χ4n) is 4.41. The van der Waals surface area contributed by atoms with E-state index in [1.54, 1.807) is 11.3 Å². The van der Waals surface area contributed by atoms with Gasteiger partial charge in [-0.1, -0.05) is 13.3 Å². The molecule has 2 aromatic rings. The Kier molecular flexibility index (Phi) is 4.48. The first-order chi connectivity index (χ1) is 11.6. The molecule has 2 aromatic heterocycles. The molecule has 0 saturated heterocycles. The van der Waals surface area contributed by atoms with Crippen LogP contribution in [0, 0.1) is 5.92 Å². The van der Waals surface area contributed by atoms with Crippen LogP contribution >= 0.6 is 11.3 Å². The van der Waals surface area contributed by atoms with E-state index in [0.29, 0.717) is 6.04 Å². The number of aromatic amines is 1. The van der Waals surface area contributed by atoms with Gasteiger partial charge in [0, 0.05) is 4.88 Å². The van der Waals surface area contributed by atoms with E-state index >= 15 is 0 Å². The zero-order chi connectivity index (χ0) is 16.7. The second kappa shape index (κ2) is 6.60. The van der Waals surface area contributed by atoms with Crippen LogP contribution in [0.4, 0.5) is 0 Å². The van der Waals surface area contributed by atoms with Gasteiger partial charge in [-0.3, -0.25) is 4.79 Å². The maximum absolute atomic E-state index is 12.7. The number of aromatic nitrogens is 2. The Morgan fingerprint density at radius 3 is 2.83 bits per heavy atom. The number of nitrogens with two attached hydrogens (primary N) is 1. The minimum Gasteiger partial charge on any atom is -0.335 e. The predicted octanol–water partition coefficient (Wildman–Crippen LogP) is 3.07. The Hall–Kier alpha value is -1.20. The summed E-state index contributed by atoms with van der Waals surface area (Å²) in [6.07, 6.45) is 9.97. The Bertz CT molecular complexity index is 788. The average molecular weight is 347 g/mol. The van der Waals surface area contributed by atoms with E-state index in [4.69, 9.17) is 4.98 Å². The highest BCUT2D eigenvalue weighted by atomic mass is 32.1. The van der Waals surface area contributed by atoms with Crippen molar-refractivity contribution in [2.75, 3.05) is 0 Å². The van der Waals surface area contributed by atoms with Crippen LogP contribution < -0.4 is 10.9 Å². The van der Waals surface area contributed by atoms with Gasteiger partial charge in [-0.2, -0.15) is 0 Å². The van der Waals surface area contributed by atoms with Crippen molar-refractivity contribution in [3.05, 3.63) is 26.6 Å². The van der Waals surface area contributed by atoms with Crippen molar-refractivity contribution < 1.29 is 5.32 Å². The smallest absolute Gasteiger partial charge is 0.260 e. The molecule has 0 aromatic carbocycles. The standard InChI is InChI=1S/C19H27N3OS/c1-11-8-9-14-15(10-11)24-19-16(14)18(23)21-17(22-19)12(2)20-13-6-4-3-5-7-13/h11-13,20H,3-10H2,1-2H3,(H,21,22,23)/p+1/t11-,12-/m1/s1. The van der Waals surface area contributed by atoms with Crippen molar-refractivity contribution >= 4 is 21.6 Å². The molecule has 0 amide bonds. The Morgan fingerprint density at radius 1 is 1.25 bits per heavy atom. The summed E-state index contributed by atoms with van der Waals surface area (Å²) in [5, 5.41) is 3.29. The van der Waals surface area contributed by atoms with E-state index < -0.39 is 0 Å². The minimum absolute atomic E-state index is 0.0750. The lowest BCUT2D eigenvalue weighted by atomic mass is 9.89. The molecule has 2 aliphatic carbocycles. The monoisotopic (exact) mass is 346 g/mol. The van der Waals surface area contributed by atoms with Crippen molar-refractivity contribution in [1.29, 1.82) is 0 Å². The number of rotatable bonds is 3. The van der Waals surface area contributed by atoms with Crippen LogP contribution in [0.15, 0.2) is 4.79 Å². The highest BCUT2D eigenvalue weighted by Gasteiger charge is 2.25. The van der Waals surface area contributed by atoms with Crippen molar-refractivity contribution in [1.82, 2.24) is 9.97 Å². The van der Waals surface area contributed by atoms with E-state index in [1.807, 2.05) is 0 Å². The number of quaternary nitrogens is 1. The normalized spacial score (nSPS) is 23.3. The molecule has 4 nitrogen and oxygen atoms in total. The van der Waals surface area contributed by atoms with Gasteiger partial charge in [0.2, 0.25) is 0 Å². The van der Waals surface area contributed by atoms with Gasteiger partial charge in [-0.05, 0) is 63.4 Å². The largest absolute Gasteiger partial charge is 0.335 e. The van der Waals surface area contributed by atoms with Gasteiger partial charge in [0.15, 0.2) is 5.82 Å². The van der Waals surface area contributed by atoms with Crippen molar-refractivity contribution in [3.8, 4) is 0 Å². The fourth-order valence-corrected chi connectivity index (χ4v) is 5.80. The van der Waals surface area contributed by atoms with Crippen molar-refractivity contribution in [2.24, 2.45) is 5.92 Å². The second-order valence-corrected chi connectivity index (χ2v) is 8.95. The summed E-state index contributed by atoms with van der Waals surface area (Å²) in [6.45, 7) is 4.48. The summed E-state index contributed by atoms with van der Waals surface area (Å²) in [5.41, 5.74) is 1.35. The molecule has 5 heteroatoms. The molecule has 1 saturated carbocycles. The third kappa shape index (κ3) is 3.04. The maximum Gasteiger partial charge on any atom is 0.260 e. The SMILES string of the molecule is C[C@@H]1CCc2c(sc3nc([C@@H](C)[NH2+]C4CCCCC4)[nH]c(=O)c23)C1. The third-order valence-corrected chi connectivity index (χ3v) is 6.97. The molecule has 2 heterocycles. The van der Waals surface area contributed by atoms with Gasteiger partial charge in [0.05, 0.1) is 11.4 Å². The summed E-state index contributed by atoms with van der Waals surface area (Å²) < 4.78 is 0. The lowest BCUT2D eigenvalue weighted by Crippen LogP contribution is -2.90.